The maximum absolute atomic E-state index is 12.6. The van der Waals surface area contributed by atoms with Crippen LogP contribution >= 0.6 is 0 Å². The maximum Gasteiger partial charge on any atom is 0.317 e. The summed E-state index contributed by atoms with van der Waals surface area (Å²) in [5.41, 5.74) is 2.51. The van der Waals surface area contributed by atoms with Gasteiger partial charge >= 0.3 is 6.03 Å². The van der Waals surface area contributed by atoms with E-state index < -0.39 is 0 Å². The van der Waals surface area contributed by atoms with Crippen LogP contribution in [-0.4, -0.2) is 54.0 Å². The van der Waals surface area contributed by atoms with E-state index in [0.29, 0.717) is 38.5 Å². The minimum atomic E-state index is -0.0320. The zero-order valence-corrected chi connectivity index (χ0v) is 16.7. The highest BCUT2D eigenvalue weighted by Crippen LogP contribution is 2.32. The van der Waals surface area contributed by atoms with Gasteiger partial charge in [0.1, 0.15) is 0 Å². The van der Waals surface area contributed by atoms with Crippen molar-refractivity contribution in [1.82, 2.24) is 15.1 Å². The molecule has 3 amide bonds. The van der Waals surface area contributed by atoms with E-state index in [2.05, 4.69) is 29.6 Å². The fourth-order valence-corrected chi connectivity index (χ4v) is 4.13. The number of amides is 3. The van der Waals surface area contributed by atoms with E-state index in [0.717, 1.165) is 5.56 Å². The Labute approximate surface area is 163 Å². The molecule has 1 aromatic rings. The standard InChI is InChI=1S/C22H33N3O2/c1-17(2)23-22(27)25-14-12-24(13-15-25)21(26)16-18-8-10-20(11-9-18)19-6-4-3-5-7-19/h8-11,17,19H,3-7,12-16H2,1-2H3,(H,23,27). The summed E-state index contributed by atoms with van der Waals surface area (Å²) in [5, 5.41) is 2.91. The minimum absolute atomic E-state index is 0.0320. The minimum Gasteiger partial charge on any atom is -0.339 e. The molecular weight excluding hydrogens is 338 g/mol. The molecule has 0 unspecified atom stereocenters. The van der Waals surface area contributed by atoms with E-state index in [-0.39, 0.29) is 18.0 Å². The normalized spacial score (nSPS) is 18.6. The van der Waals surface area contributed by atoms with Crippen molar-refractivity contribution < 1.29 is 9.59 Å². The summed E-state index contributed by atoms with van der Waals surface area (Å²) in [6.07, 6.45) is 7.09. The van der Waals surface area contributed by atoms with Gasteiger partial charge in [0.15, 0.2) is 0 Å². The molecule has 148 valence electrons. The van der Waals surface area contributed by atoms with Crippen molar-refractivity contribution in [2.24, 2.45) is 0 Å². The Hall–Kier alpha value is -2.04. The SMILES string of the molecule is CC(C)NC(=O)N1CCN(C(=O)Cc2ccc(C3CCCCC3)cc2)CC1. The van der Waals surface area contributed by atoms with Crippen LogP contribution in [0.1, 0.15) is 63.0 Å². The van der Waals surface area contributed by atoms with E-state index in [4.69, 9.17) is 0 Å². The van der Waals surface area contributed by atoms with Crippen molar-refractivity contribution in [1.29, 1.82) is 0 Å². The Morgan fingerprint density at radius 2 is 1.56 bits per heavy atom. The van der Waals surface area contributed by atoms with Gasteiger partial charge in [0, 0.05) is 32.2 Å². The number of carbonyl (C=O) groups is 2. The molecule has 1 N–H and O–H groups in total. The number of benzene rings is 1. The number of hydrogen-bond acceptors (Lipinski definition) is 2. The van der Waals surface area contributed by atoms with Crippen LogP contribution in [0, 0.1) is 0 Å². The summed E-state index contributed by atoms with van der Waals surface area (Å²) in [6, 6.07) is 8.77. The molecule has 1 saturated carbocycles. The van der Waals surface area contributed by atoms with Gasteiger partial charge in [0.25, 0.3) is 0 Å². The third-order valence-electron chi connectivity index (χ3n) is 5.74. The number of nitrogens with zero attached hydrogens (tertiary/aromatic N) is 2. The van der Waals surface area contributed by atoms with Gasteiger partial charge in [-0.3, -0.25) is 4.79 Å². The molecule has 1 aliphatic carbocycles. The number of urea groups is 1. The van der Waals surface area contributed by atoms with E-state index >= 15 is 0 Å². The van der Waals surface area contributed by atoms with Gasteiger partial charge in [-0.25, -0.2) is 4.79 Å². The van der Waals surface area contributed by atoms with Crippen molar-refractivity contribution in [3.63, 3.8) is 0 Å². The molecule has 1 aliphatic heterocycles. The van der Waals surface area contributed by atoms with Gasteiger partial charge in [-0.2, -0.15) is 0 Å². The average molecular weight is 372 g/mol. The monoisotopic (exact) mass is 371 g/mol. The fourth-order valence-electron chi connectivity index (χ4n) is 4.13. The van der Waals surface area contributed by atoms with Crippen LogP contribution in [0.15, 0.2) is 24.3 Å². The molecule has 2 fully saturated rings. The van der Waals surface area contributed by atoms with Crippen molar-refractivity contribution >= 4 is 11.9 Å². The third kappa shape index (κ3) is 5.47. The lowest BCUT2D eigenvalue weighted by molar-refractivity contribution is -0.131. The predicted molar refractivity (Wildman–Crippen MR) is 108 cm³/mol. The molecule has 5 nitrogen and oxygen atoms in total. The van der Waals surface area contributed by atoms with Crippen LogP contribution in [0.4, 0.5) is 4.79 Å². The molecule has 0 radical (unpaired) electrons. The Balaban J connectivity index is 1.47. The molecule has 0 spiro atoms. The maximum atomic E-state index is 12.6. The van der Waals surface area contributed by atoms with Crippen molar-refractivity contribution in [3.05, 3.63) is 35.4 Å². The van der Waals surface area contributed by atoms with Crippen LogP contribution in [0.5, 0.6) is 0 Å². The van der Waals surface area contributed by atoms with Crippen LogP contribution in [0.2, 0.25) is 0 Å². The van der Waals surface area contributed by atoms with Gasteiger partial charge in [0.05, 0.1) is 6.42 Å². The summed E-state index contributed by atoms with van der Waals surface area (Å²) in [7, 11) is 0. The summed E-state index contributed by atoms with van der Waals surface area (Å²) in [6.45, 7) is 6.35. The quantitative estimate of drug-likeness (QED) is 0.880. The molecule has 1 saturated heterocycles. The van der Waals surface area contributed by atoms with Crippen molar-refractivity contribution in [2.75, 3.05) is 26.2 Å². The second-order valence-electron chi connectivity index (χ2n) is 8.23. The van der Waals surface area contributed by atoms with Crippen LogP contribution in [0.3, 0.4) is 0 Å². The lowest BCUT2D eigenvalue weighted by atomic mass is 9.84. The molecule has 0 aromatic heterocycles. The highest BCUT2D eigenvalue weighted by atomic mass is 16.2. The van der Waals surface area contributed by atoms with E-state index in [1.807, 2.05) is 18.7 Å². The fraction of sp³-hybridized carbons (Fsp3) is 0.636. The van der Waals surface area contributed by atoms with Crippen LogP contribution in [0.25, 0.3) is 0 Å². The predicted octanol–water partition coefficient (Wildman–Crippen LogP) is 3.54. The number of nitrogens with one attached hydrogen (secondary N) is 1. The largest absolute Gasteiger partial charge is 0.339 e. The Morgan fingerprint density at radius 1 is 0.963 bits per heavy atom. The van der Waals surface area contributed by atoms with Crippen LogP contribution < -0.4 is 5.32 Å². The first-order chi connectivity index (χ1) is 13.0. The van der Waals surface area contributed by atoms with Crippen molar-refractivity contribution in [3.8, 4) is 0 Å². The molecule has 2 aliphatic rings. The van der Waals surface area contributed by atoms with Crippen molar-refractivity contribution in [2.45, 2.75) is 64.3 Å². The Kier molecular flexibility index (Phi) is 6.75. The zero-order valence-electron chi connectivity index (χ0n) is 16.7. The number of rotatable bonds is 4. The number of carbonyl (C=O) groups excluding carboxylic acids is 2. The summed E-state index contributed by atoms with van der Waals surface area (Å²) in [4.78, 5) is 28.3. The van der Waals surface area contributed by atoms with Gasteiger partial charge in [-0.15, -0.1) is 0 Å². The molecule has 1 heterocycles. The number of hydrogen-bond donors (Lipinski definition) is 1. The highest BCUT2D eigenvalue weighted by Gasteiger charge is 2.24. The van der Waals surface area contributed by atoms with E-state index in [9.17, 15) is 9.59 Å². The molecule has 27 heavy (non-hydrogen) atoms. The van der Waals surface area contributed by atoms with Crippen LogP contribution in [-0.2, 0) is 11.2 Å². The summed E-state index contributed by atoms with van der Waals surface area (Å²) < 4.78 is 0. The zero-order chi connectivity index (χ0) is 19.2. The van der Waals surface area contributed by atoms with Gasteiger partial charge in [0.2, 0.25) is 5.91 Å². The van der Waals surface area contributed by atoms with Gasteiger partial charge in [-0.05, 0) is 43.7 Å². The first-order valence-corrected chi connectivity index (χ1v) is 10.4. The van der Waals surface area contributed by atoms with Gasteiger partial charge in [-0.1, -0.05) is 43.5 Å². The molecule has 1 aromatic carbocycles. The Morgan fingerprint density at radius 3 is 2.15 bits per heavy atom. The molecule has 0 bridgehead atoms. The molecule has 0 atom stereocenters. The van der Waals surface area contributed by atoms with Gasteiger partial charge < -0.3 is 15.1 Å². The van der Waals surface area contributed by atoms with E-state index in [1.54, 1.807) is 4.90 Å². The number of piperazine rings is 1. The second kappa shape index (κ2) is 9.25. The average Bonchev–Trinajstić information content (AvgIpc) is 2.69. The Bertz CT molecular complexity index is 627. The topological polar surface area (TPSA) is 52.7 Å². The molecule has 5 heteroatoms. The summed E-state index contributed by atoms with van der Waals surface area (Å²) >= 11 is 0. The lowest BCUT2D eigenvalue weighted by Crippen LogP contribution is -2.54. The molecular formula is C22H33N3O2. The molecule has 3 rings (SSSR count). The summed E-state index contributed by atoms with van der Waals surface area (Å²) in [5.74, 6) is 0.859. The lowest BCUT2D eigenvalue weighted by Gasteiger charge is -2.35. The second-order valence-corrected chi connectivity index (χ2v) is 8.23. The van der Waals surface area contributed by atoms with E-state index in [1.165, 1.54) is 37.7 Å². The smallest absolute Gasteiger partial charge is 0.317 e. The first-order valence-electron chi connectivity index (χ1n) is 10.4. The first kappa shape index (κ1) is 19.7. The third-order valence-corrected chi connectivity index (χ3v) is 5.74. The highest BCUT2D eigenvalue weighted by molar-refractivity contribution is 5.79.